The number of halogens is 2. The molecule has 0 saturated heterocycles. The molecule has 0 atom stereocenters. The van der Waals surface area contributed by atoms with E-state index in [1.165, 1.54) is 24.5 Å². The minimum absolute atomic E-state index is 0.0906. The first-order valence-electron chi connectivity index (χ1n) is 9.81. The van der Waals surface area contributed by atoms with Crippen molar-refractivity contribution in [3.8, 4) is 11.1 Å². The predicted octanol–water partition coefficient (Wildman–Crippen LogP) is 3.37. The van der Waals surface area contributed by atoms with Gasteiger partial charge in [0.25, 0.3) is 5.56 Å². The average Bonchev–Trinajstić information content (AvgIpc) is 3.17. The molecule has 0 spiro atoms. The van der Waals surface area contributed by atoms with E-state index in [1.54, 1.807) is 36.1 Å². The van der Waals surface area contributed by atoms with E-state index in [-0.39, 0.29) is 22.2 Å². The van der Waals surface area contributed by atoms with Gasteiger partial charge in [0.15, 0.2) is 5.52 Å². The second-order valence-electron chi connectivity index (χ2n) is 7.49. The minimum Gasteiger partial charge on any atom is -0.478 e. The number of pyridine rings is 1. The molecule has 0 radical (unpaired) electrons. The van der Waals surface area contributed by atoms with Crippen molar-refractivity contribution in [3.63, 3.8) is 0 Å². The molecule has 164 valence electrons. The van der Waals surface area contributed by atoms with Crippen LogP contribution in [-0.4, -0.2) is 35.4 Å². The lowest BCUT2D eigenvalue weighted by atomic mass is 9.99. The fourth-order valence-corrected chi connectivity index (χ4v) is 3.87. The number of carboxylic acids is 1. The number of aromatic nitrogens is 5. The molecule has 3 aromatic heterocycles. The number of aromatic carboxylic acids is 1. The van der Waals surface area contributed by atoms with Crippen molar-refractivity contribution < 1.29 is 18.7 Å². The summed E-state index contributed by atoms with van der Waals surface area (Å²) in [6, 6.07) is 7.66. The van der Waals surface area contributed by atoms with Crippen molar-refractivity contribution in [1.82, 2.24) is 24.3 Å². The van der Waals surface area contributed by atoms with Crippen molar-refractivity contribution in [1.29, 1.82) is 0 Å². The molecule has 3 heterocycles. The number of hydrogen-bond acceptors (Lipinski definition) is 5. The lowest BCUT2D eigenvalue weighted by Crippen LogP contribution is -2.24. The average molecular weight is 447 g/mol. The van der Waals surface area contributed by atoms with Crippen LogP contribution in [0.4, 0.5) is 8.78 Å². The van der Waals surface area contributed by atoms with E-state index < -0.39 is 29.7 Å². The summed E-state index contributed by atoms with van der Waals surface area (Å²) in [6.45, 7) is -0.513. The molecular formula is C23H15F2N5O3. The molecule has 5 rings (SSSR count). The minimum atomic E-state index is -1.34. The highest BCUT2D eigenvalue weighted by Gasteiger charge is 2.19. The first kappa shape index (κ1) is 20.4. The molecule has 0 unspecified atom stereocenters. The normalized spacial score (nSPS) is 11.4. The maximum atomic E-state index is 15.1. The third-order valence-electron chi connectivity index (χ3n) is 5.38. The van der Waals surface area contributed by atoms with Gasteiger partial charge in [-0.05, 0) is 29.3 Å². The summed E-state index contributed by atoms with van der Waals surface area (Å²) in [5.41, 5.74) is -0.0510. The van der Waals surface area contributed by atoms with E-state index in [0.717, 1.165) is 16.2 Å². The fraction of sp³-hybridized carbons (Fsp3) is 0.0870. The van der Waals surface area contributed by atoms with Crippen molar-refractivity contribution in [2.45, 2.75) is 6.54 Å². The molecule has 0 bridgehead atoms. The molecular weight excluding hydrogens is 432 g/mol. The zero-order valence-electron chi connectivity index (χ0n) is 17.2. The standard InChI is InChI=1S/C23H15F2N5O3/c1-29-9-14-13(3-2-4-19(14)28-29)12-7-17(24)15(18(25)8-12)10-30-11-16(23(32)33)20-21(22(30)31)27-6-5-26-20/h2-9,11H,10H2,1H3,(H,32,33). The Balaban J connectivity index is 1.62. The van der Waals surface area contributed by atoms with Crippen LogP contribution in [0.5, 0.6) is 0 Å². The van der Waals surface area contributed by atoms with Gasteiger partial charge in [-0.15, -0.1) is 0 Å². The van der Waals surface area contributed by atoms with Crippen LogP contribution in [0.25, 0.3) is 33.1 Å². The Labute approximate surface area is 184 Å². The molecule has 0 fully saturated rings. The van der Waals surface area contributed by atoms with Crippen molar-refractivity contribution in [3.05, 3.63) is 88.2 Å². The Hall–Kier alpha value is -4.47. The van der Waals surface area contributed by atoms with Gasteiger partial charge in [-0.3, -0.25) is 14.5 Å². The Kier molecular flexibility index (Phi) is 4.70. The first-order valence-corrected chi connectivity index (χ1v) is 9.81. The Morgan fingerprint density at radius 2 is 1.76 bits per heavy atom. The van der Waals surface area contributed by atoms with Gasteiger partial charge in [-0.2, -0.15) is 5.10 Å². The summed E-state index contributed by atoms with van der Waals surface area (Å²) in [6.07, 6.45) is 5.29. The third-order valence-corrected chi connectivity index (χ3v) is 5.38. The molecule has 0 saturated carbocycles. The smallest absolute Gasteiger partial charge is 0.339 e. The van der Waals surface area contributed by atoms with E-state index in [9.17, 15) is 14.7 Å². The van der Waals surface area contributed by atoms with Crippen LogP contribution in [0.15, 0.2) is 59.9 Å². The number of hydrogen-bond donors (Lipinski definition) is 1. The zero-order valence-corrected chi connectivity index (χ0v) is 17.2. The summed E-state index contributed by atoms with van der Waals surface area (Å²) in [4.78, 5) is 32.2. The summed E-state index contributed by atoms with van der Waals surface area (Å²) in [5.74, 6) is -3.07. The molecule has 0 aliphatic rings. The van der Waals surface area contributed by atoms with Crippen LogP contribution in [0.1, 0.15) is 15.9 Å². The highest BCUT2D eigenvalue weighted by Crippen LogP contribution is 2.30. The predicted molar refractivity (Wildman–Crippen MR) is 116 cm³/mol. The van der Waals surface area contributed by atoms with Gasteiger partial charge in [-0.25, -0.2) is 18.6 Å². The van der Waals surface area contributed by atoms with Gasteiger partial charge >= 0.3 is 5.97 Å². The van der Waals surface area contributed by atoms with Crippen LogP contribution in [-0.2, 0) is 13.6 Å². The quantitative estimate of drug-likeness (QED) is 0.453. The van der Waals surface area contributed by atoms with Gasteiger partial charge < -0.3 is 9.67 Å². The number of benzene rings is 2. The molecule has 0 aliphatic heterocycles. The number of nitrogens with zero attached hydrogens (tertiary/aromatic N) is 5. The summed E-state index contributed by atoms with van der Waals surface area (Å²) >= 11 is 0. The van der Waals surface area contributed by atoms with E-state index >= 15 is 8.78 Å². The lowest BCUT2D eigenvalue weighted by molar-refractivity contribution is 0.0698. The van der Waals surface area contributed by atoms with E-state index in [4.69, 9.17) is 0 Å². The maximum absolute atomic E-state index is 15.1. The summed E-state index contributed by atoms with van der Waals surface area (Å²) in [7, 11) is 1.76. The van der Waals surface area contributed by atoms with Crippen molar-refractivity contribution >= 4 is 27.9 Å². The van der Waals surface area contributed by atoms with Gasteiger partial charge in [0.1, 0.15) is 22.7 Å². The van der Waals surface area contributed by atoms with Gasteiger partial charge in [-0.1, -0.05) is 12.1 Å². The Morgan fingerprint density at radius 3 is 2.45 bits per heavy atom. The zero-order chi connectivity index (χ0) is 23.3. The van der Waals surface area contributed by atoms with Crippen LogP contribution in [0.3, 0.4) is 0 Å². The first-order chi connectivity index (χ1) is 15.8. The van der Waals surface area contributed by atoms with Crippen LogP contribution in [0.2, 0.25) is 0 Å². The molecule has 1 N–H and O–H groups in total. The van der Waals surface area contributed by atoms with Crippen molar-refractivity contribution in [2.24, 2.45) is 7.05 Å². The number of fused-ring (bicyclic) bond motifs is 2. The molecule has 33 heavy (non-hydrogen) atoms. The molecule has 5 aromatic rings. The topological polar surface area (TPSA) is 103 Å². The SMILES string of the molecule is Cn1cc2c(-c3cc(F)c(Cn4cc(C(=O)O)c5nccnc5c4=O)c(F)c3)cccc2n1. The lowest BCUT2D eigenvalue weighted by Gasteiger charge is -2.12. The number of carboxylic acid groups (broad SMARTS) is 1. The number of rotatable bonds is 4. The fourth-order valence-electron chi connectivity index (χ4n) is 3.87. The number of carbonyl (C=O) groups is 1. The second-order valence-corrected chi connectivity index (χ2v) is 7.49. The third kappa shape index (κ3) is 3.41. The molecule has 8 nitrogen and oxygen atoms in total. The highest BCUT2D eigenvalue weighted by molar-refractivity contribution is 6.00. The van der Waals surface area contributed by atoms with Crippen molar-refractivity contribution in [2.75, 3.05) is 0 Å². The van der Waals surface area contributed by atoms with E-state index in [2.05, 4.69) is 15.1 Å². The summed E-state index contributed by atoms with van der Waals surface area (Å²) < 4.78 is 32.7. The van der Waals surface area contributed by atoms with Gasteiger partial charge in [0.2, 0.25) is 0 Å². The van der Waals surface area contributed by atoms with E-state index in [1.807, 2.05) is 0 Å². The molecule has 0 aliphatic carbocycles. The van der Waals surface area contributed by atoms with Crippen LogP contribution < -0.4 is 5.56 Å². The highest BCUT2D eigenvalue weighted by atomic mass is 19.1. The Bertz CT molecular complexity index is 1620. The maximum Gasteiger partial charge on any atom is 0.339 e. The van der Waals surface area contributed by atoms with Gasteiger partial charge in [0, 0.05) is 42.8 Å². The van der Waals surface area contributed by atoms with E-state index in [0.29, 0.717) is 16.6 Å². The second kappa shape index (κ2) is 7.59. The van der Waals surface area contributed by atoms with Gasteiger partial charge in [0.05, 0.1) is 12.1 Å². The number of aryl methyl sites for hydroxylation is 1. The largest absolute Gasteiger partial charge is 0.478 e. The molecule has 10 heteroatoms. The van der Waals surface area contributed by atoms with Crippen LogP contribution in [0, 0.1) is 11.6 Å². The molecule has 2 aromatic carbocycles. The monoisotopic (exact) mass is 447 g/mol. The van der Waals surface area contributed by atoms with Crippen LogP contribution >= 0.6 is 0 Å². The summed E-state index contributed by atoms with van der Waals surface area (Å²) in [5, 5.41) is 14.5. The molecule has 0 amide bonds. The Morgan fingerprint density at radius 1 is 1.06 bits per heavy atom.